The molecule has 1 saturated carbocycles. The average molecular weight is 410 g/mol. The zero-order valence-electron chi connectivity index (χ0n) is 17.2. The summed E-state index contributed by atoms with van der Waals surface area (Å²) < 4.78 is 14.0. The zero-order valence-corrected chi connectivity index (χ0v) is 17.2. The van der Waals surface area contributed by atoms with Gasteiger partial charge < -0.3 is 9.88 Å². The van der Waals surface area contributed by atoms with E-state index in [9.17, 15) is 14.0 Å². The number of carbonyl (C=O) groups is 1. The van der Waals surface area contributed by atoms with Crippen molar-refractivity contribution < 1.29 is 9.18 Å². The number of carbonyl (C=O) groups excluding carboxylic acids is 1. The molecule has 1 amide bonds. The summed E-state index contributed by atoms with van der Waals surface area (Å²) in [5.74, 6) is 1.22. The minimum atomic E-state index is -0.221. The Balaban J connectivity index is 1.35. The molecule has 3 heterocycles. The fraction of sp³-hybridized carbons (Fsp3) is 0.522. The van der Waals surface area contributed by atoms with Gasteiger partial charge in [0, 0.05) is 44.1 Å². The SMILES string of the molecule is C[C@@H]1C[C@@H]1C(=O)N1CCC[C@H]1c1nc2c(c(=O)[nH]1)CN(Cc1ccccc1F)CC2. The molecule has 3 aliphatic rings. The van der Waals surface area contributed by atoms with Gasteiger partial charge in [0.2, 0.25) is 5.91 Å². The van der Waals surface area contributed by atoms with E-state index in [2.05, 4.69) is 16.8 Å². The van der Waals surface area contributed by atoms with Crippen LogP contribution in [0.15, 0.2) is 29.1 Å². The summed E-state index contributed by atoms with van der Waals surface area (Å²) in [4.78, 5) is 37.4. The first-order valence-electron chi connectivity index (χ1n) is 10.9. The molecule has 1 aliphatic carbocycles. The van der Waals surface area contributed by atoms with Crippen LogP contribution in [0.2, 0.25) is 0 Å². The van der Waals surface area contributed by atoms with Gasteiger partial charge in [-0.25, -0.2) is 9.37 Å². The molecule has 2 aromatic rings. The van der Waals surface area contributed by atoms with Gasteiger partial charge in [0.05, 0.1) is 17.3 Å². The highest BCUT2D eigenvalue weighted by molar-refractivity contribution is 5.82. The van der Waals surface area contributed by atoms with Crippen molar-refractivity contribution >= 4 is 5.91 Å². The Hall–Kier alpha value is -2.54. The van der Waals surface area contributed by atoms with Crippen LogP contribution in [0.3, 0.4) is 0 Å². The van der Waals surface area contributed by atoms with Crippen molar-refractivity contribution in [2.45, 2.75) is 51.7 Å². The van der Waals surface area contributed by atoms with E-state index >= 15 is 0 Å². The molecule has 1 aromatic carbocycles. The van der Waals surface area contributed by atoms with Crippen LogP contribution in [-0.2, 0) is 24.3 Å². The molecule has 0 bridgehead atoms. The molecule has 158 valence electrons. The van der Waals surface area contributed by atoms with Gasteiger partial charge in [0.15, 0.2) is 0 Å². The van der Waals surface area contributed by atoms with E-state index in [1.807, 2.05) is 11.0 Å². The molecule has 7 heteroatoms. The second-order valence-electron chi connectivity index (χ2n) is 8.94. The second-order valence-corrected chi connectivity index (χ2v) is 8.94. The van der Waals surface area contributed by atoms with Crippen molar-refractivity contribution in [2.24, 2.45) is 11.8 Å². The van der Waals surface area contributed by atoms with Gasteiger partial charge in [-0.05, 0) is 31.2 Å². The summed E-state index contributed by atoms with van der Waals surface area (Å²) in [6.07, 6.45) is 3.40. The number of fused-ring (bicyclic) bond motifs is 1. The number of H-pyrrole nitrogens is 1. The van der Waals surface area contributed by atoms with E-state index in [0.717, 1.165) is 38.0 Å². The lowest BCUT2D eigenvalue weighted by atomic mass is 10.0. The number of nitrogens with zero attached hydrogens (tertiary/aromatic N) is 3. The Morgan fingerprint density at radius 2 is 2.10 bits per heavy atom. The van der Waals surface area contributed by atoms with Gasteiger partial charge in [-0.1, -0.05) is 25.1 Å². The molecule has 1 aromatic heterocycles. The maximum Gasteiger partial charge on any atom is 0.255 e. The first-order chi connectivity index (χ1) is 14.5. The fourth-order valence-corrected chi connectivity index (χ4v) is 4.85. The van der Waals surface area contributed by atoms with Crippen LogP contribution >= 0.6 is 0 Å². The number of amides is 1. The van der Waals surface area contributed by atoms with Crippen molar-refractivity contribution in [1.29, 1.82) is 0 Å². The maximum absolute atomic E-state index is 14.0. The van der Waals surface area contributed by atoms with Gasteiger partial charge in [-0.15, -0.1) is 0 Å². The van der Waals surface area contributed by atoms with Crippen molar-refractivity contribution in [2.75, 3.05) is 13.1 Å². The average Bonchev–Trinajstić information content (AvgIpc) is 3.26. The maximum atomic E-state index is 14.0. The number of aromatic nitrogens is 2. The number of rotatable bonds is 4. The lowest BCUT2D eigenvalue weighted by Crippen LogP contribution is -2.38. The van der Waals surface area contributed by atoms with Crippen LogP contribution in [-0.4, -0.2) is 38.8 Å². The Bertz CT molecular complexity index is 1040. The molecule has 1 saturated heterocycles. The number of hydrogen-bond acceptors (Lipinski definition) is 4. The number of benzene rings is 1. The van der Waals surface area contributed by atoms with Crippen LogP contribution in [0.5, 0.6) is 0 Å². The summed E-state index contributed by atoms with van der Waals surface area (Å²) >= 11 is 0. The standard InChI is InChI=1S/C23H27FN4O2/c1-14-11-16(14)23(30)28-9-4-7-20(28)21-25-19-8-10-27(13-17(19)22(29)26-21)12-15-5-2-3-6-18(15)24/h2-3,5-6,14,16,20H,4,7-13H2,1H3,(H,25,26,29)/t14-,16+,20+/m1/s1. The third-order valence-electron chi connectivity index (χ3n) is 6.80. The minimum Gasteiger partial charge on any atom is -0.332 e. The highest BCUT2D eigenvalue weighted by Gasteiger charge is 2.45. The minimum absolute atomic E-state index is 0.125. The first kappa shape index (κ1) is 19.4. The van der Waals surface area contributed by atoms with Crippen molar-refractivity contribution in [1.82, 2.24) is 19.8 Å². The molecule has 2 aliphatic heterocycles. The van der Waals surface area contributed by atoms with E-state index in [0.29, 0.717) is 42.4 Å². The summed E-state index contributed by atoms with van der Waals surface area (Å²) in [5, 5.41) is 0. The summed E-state index contributed by atoms with van der Waals surface area (Å²) in [6.45, 7) is 4.50. The molecule has 1 N–H and O–H groups in total. The Morgan fingerprint density at radius 3 is 2.87 bits per heavy atom. The third kappa shape index (κ3) is 3.55. The quantitative estimate of drug-likeness (QED) is 0.842. The zero-order chi connectivity index (χ0) is 20.8. The summed E-state index contributed by atoms with van der Waals surface area (Å²) in [6, 6.07) is 6.63. The highest BCUT2D eigenvalue weighted by Crippen LogP contribution is 2.42. The Morgan fingerprint density at radius 1 is 1.30 bits per heavy atom. The van der Waals surface area contributed by atoms with E-state index in [1.54, 1.807) is 12.1 Å². The molecule has 6 nitrogen and oxygen atoms in total. The fourth-order valence-electron chi connectivity index (χ4n) is 4.85. The molecule has 0 spiro atoms. The van der Waals surface area contributed by atoms with E-state index in [1.165, 1.54) is 6.07 Å². The highest BCUT2D eigenvalue weighted by atomic mass is 19.1. The van der Waals surface area contributed by atoms with Crippen LogP contribution < -0.4 is 5.56 Å². The van der Waals surface area contributed by atoms with Gasteiger partial charge in [0.25, 0.3) is 5.56 Å². The van der Waals surface area contributed by atoms with E-state index < -0.39 is 0 Å². The molecule has 0 unspecified atom stereocenters. The largest absolute Gasteiger partial charge is 0.332 e. The predicted molar refractivity (Wildman–Crippen MR) is 110 cm³/mol. The van der Waals surface area contributed by atoms with Gasteiger partial charge >= 0.3 is 0 Å². The van der Waals surface area contributed by atoms with Crippen LogP contribution in [0.4, 0.5) is 4.39 Å². The monoisotopic (exact) mass is 410 g/mol. The van der Waals surface area contributed by atoms with Gasteiger partial charge in [0.1, 0.15) is 11.6 Å². The normalized spacial score (nSPS) is 25.9. The topological polar surface area (TPSA) is 69.3 Å². The molecular weight excluding hydrogens is 383 g/mol. The molecule has 30 heavy (non-hydrogen) atoms. The van der Waals surface area contributed by atoms with Crippen molar-refractivity contribution in [3.63, 3.8) is 0 Å². The molecule has 5 rings (SSSR count). The van der Waals surface area contributed by atoms with E-state index in [-0.39, 0.29) is 29.2 Å². The molecule has 3 atom stereocenters. The number of hydrogen-bond donors (Lipinski definition) is 1. The Kier molecular flexibility index (Phi) is 4.93. The molecular formula is C23H27FN4O2. The van der Waals surface area contributed by atoms with Crippen LogP contribution in [0, 0.1) is 17.7 Å². The van der Waals surface area contributed by atoms with Crippen molar-refractivity contribution in [3.05, 3.63) is 63.1 Å². The molecule has 2 fully saturated rings. The van der Waals surface area contributed by atoms with Gasteiger partial charge in [-0.3, -0.25) is 14.5 Å². The van der Waals surface area contributed by atoms with Crippen LogP contribution in [0.25, 0.3) is 0 Å². The lowest BCUT2D eigenvalue weighted by Gasteiger charge is -2.29. The number of halogens is 1. The smallest absolute Gasteiger partial charge is 0.255 e. The third-order valence-corrected chi connectivity index (χ3v) is 6.80. The number of aromatic amines is 1. The molecule has 0 radical (unpaired) electrons. The van der Waals surface area contributed by atoms with Crippen LogP contribution in [0.1, 0.15) is 54.9 Å². The Labute approximate surface area is 175 Å². The number of likely N-dealkylation sites (tertiary alicyclic amines) is 1. The predicted octanol–water partition coefficient (Wildman–Crippen LogP) is 2.79. The summed E-state index contributed by atoms with van der Waals surface area (Å²) in [7, 11) is 0. The number of nitrogens with one attached hydrogen (secondary N) is 1. The lowest BCUT2D eigenvalue weighted by molar-refractivity contribution is -0.134. The summed E-state index contributed by atoms with van der Waals surface area (Å²) in [5.41, 5.74) is 1.98. The van der Waals surface area contributed by atoms with Gasteiger partial charge in [-0.2, -0.15) is 0 Å². The first-order valence-corrected chi connectivity index (χ1v) is 10.9. The second kappa shape index (κ2) is 7.61. The van der Waals surface area contributed by atoms with Crippen molar-refractivity contribution in [3.8, 4) is 0 Å². The van der Waals surface area contributed by atoms with E-state index in [4.69, 9.17) is 4.98 Å².